The first-order chi connectivity index (χ1) is 25.2. The van der Waals surface area contributed by atoms with Gasteiger partial charge >= 0.3 is 0 Å². The molecule has 0 aliphatic rings. The van der Waals surface area contributed by atoms with Gasteiger partial charge in [-0.15, -0.1) is 11.3 Å². The van der Waals surface area contributed by atoms with E-state index in [9.17, 15) is 0 Å². The van der Waals surface area contributed by atoms with E-state index in [4.69, 9.17) is 19.9 Å². The van der Waals surface area contributed by atoms with Crippen molar-refractivity contribution in [1.82, 2.24) is 19.9 Å². The van der Waals surface area contributed by atoms with Crippen molar-refractivity contribution in [2.24, 2.45) is 0 Å². The summed E-state index contributed by atoms with van der Waals surface area (Å²) in [6.07, 6.45) is 0. The second-order valence-corrected chi connectivity index (χ2v) is 13.7. The third-order valence-electron chi connectivity index (χ3n) is 9.50. The van der Waals surface area contributed by atoms with Gasteiger partial charge in [-0.2, -0.15) is 0 Å². The Morgan fingerprint density at radius 3 is 1.75 bits per heavy atom. The molecule has 7 aromatic carbocycles. The van der Waals surface area contributed by atoms with Crippen LogP contribution < -0.4 is 0 Å². The largest absolute Gasteiger partial charge is 0.228 e. The first-order valence-electron chi connectivity index (χ1n) is 17.0. The summed E-state index contributed by atoms with van der Waals surface area (Å²) in [6, 6.07) is 59.1. The molecule has 238 valence electrons. The standard InChI is InChI=1S/C46H28N4S/c1-3-12-30(13-4-1)41-37-17-9-10-18-39(37)47-45(48-41)33-22-20-31(21-23-33)42-44-43(50-46(49-42)32-14-5-2-6-15-32)38-26-25-36(28-40(38)51-44)35-24-19-29-11-7-8-16-34(29)27-35/h1-28H. The van der Waals surface area contributed by atoms with Crippen LogP contribution in [0.15, 0.2) is 170 Å². The fourth-order valence-corrected chi connectivity index (χ4v) is 8.09. The molecule has 5 heteroatoms. The summed E-state index contributed by atoms with van der Waals surface area (Å²) in [4.78, 5) is 20.5. The van der Waals surface area contributed by atoms with Gasteiger partial charge in [0.2, 0.25) is 0 Å². The van der Waals surface area contributed by atoms with E-state index < -0.39 is 0 Å². The molecule has 0 spiro atoms. The average Bonchev–Trinajstić information content (AvgIpc) is 3.58. The molecule has 0 saturated carbocycles. The number of aromatic nitrogens is 4. The van der Waals surface area contributed by atoms with E-state index in [2.05, 4.69) is 121 Å². The van der Waals surface area contributed by atoms with Crippen molar-refractivity contribution in [2.75, 3.05) is 0 Å². The molecule has 4 nitrogen and oxygen atoms in total. The molecule has 10 aromatic rings. The zero-order chi connectivity index (χ0) is 33.7. The number of benzene rings is 7. The minimum absolute atomic E-state index is 0.694. The Balaban J connectivity index is 1.11. The molecular weight excluding hydrogens is 641 g/mol. The Morgan fingerprint density at radius 1 is 0.353 bits per heavy atom. The molecule has 51 heavy (non-hydrogen) atoms. The summed E-state index contributed by atoms with van der Waals surface area (Å²) in [5.41, 5.74) is 10.2. The molecule has 0 bridgehead atoms. The Labute approximate surface area is 298 Å². The predicted octanol–water partition coefficient (Wildman–Crippen LogP) is 12.3. The average molecular weight is 669 g/mol. The smallest absolute Gasteiger partial charge is 0.160 e. The first kappa shape index (κ1) is 29.4. The Hall–Kier alpha value is -6.56. The Morgan fingerprint density at radius 2 is 0.922 bits per heavy atom. The minimum Gasteiger partial charge on any atom is -0.228 e. The van der Waals surface area contributed by atoms with E-state index in [0.29, 0.717) is 11.6 Å². The van der Waals surface area contributed by atoms with Gasteiger partial charge in [-0.05, 0) is 40.1 Å². The Bertz CT molecular complexity index is 2900. The van der Waals surface area contributed by atoms with Crippen LogP contribution in [0.4, 0.5) is 0 Å². The monoisotopic (exact) mass is 668 g/mol. The summed E-state index contributed by atoms with van der Waals surface area (Å²) in [6.45, 7) is 0. The highest BCUT2D eigenvalue weighted by Gasteiger charge is 2.18. The molecule has 0 saturated heterocycles. The lowest BCUT2D eigenvalue weighted by atomic mass is 10.0. The summed E-state index contributed by atoms with van der Waals surface area (Å²) in [5.74, 6) is 1.41. The molecule has 0 N–H and O–H groups in total. The molecule has 0 unspecified atom stereocenters. The number of thiophene rings is 1. The van der Waals surface area contributed by atoms with Crippen molar-refractivity contribution in [3.63, 3.8) is 0 Å². The maximum absolute atomic E-state index is 5.22. The van der Waals surface area contributed by atoms with Gasteiger partial charge in [0.05, 0.1) is 27.1 Å². The van der Waals surface area contributed by atoms with Crippen LogP contribution in [0.5, 0.6) is 0 Å². The van der Waals surface area contributed by atoms with Crippen molar-refractivity contribution in [3.8, 4) is 56.4 Å². The van der Waals surface area contributed by atoms with Gasteiger partial charge in [-0.3, -0.25) is 0 Å². The van der Waals surface area contributed by atoms with E-state index in [-0.39, 0.29) is 0 Å². The number of hydrogen-bond donors (Lipinski definition) is 0. The lowest BCUT2D eigenvalue weighted by Crippen LogP contribution is -1.96. The molecule has 3 aromatic heterocycles. The van der Waals surface area contributed by atoms with Gasteiger partial charge in [-0.1, -0.05) is 152 Å². The topological polar surface area (TPSA) is 51.6 Å². The first-order valence-corrected chi connectivity index (χ1v) is 17.8. The third-order valence-corrected chi connectivity index (χ3v) is 10.6. The van der Waals surface area contributed by atoms with E-state index in [1.54, 1.807) is 11.3 Å². The zero-order valence-corrected chi connectivity index (χ0v) is 28.2. The van der Waals surface area contributed by atoms with Gasteiger partial charge in [0.1, 0.15) is 0 Å². The molecule has 0 amide bonds. The number of rotatable bonds is 5. The number of hydrogen-bond acceptors (Lipinski definition) is 5. The van der Waals surface area contributed by atoms with Crippen LogP contribution in [0.3, 0.4) is 0 Å². The normalized spacial score (nSPS) is 11.5. The van der Waals surface area contributed by atoms with Crippen molar-refractivity contribution in [3.05, 3.63) is 170 Å². The van der Waals surface area contributed by atoms with Crippen LogP contribution >= 0.6 is 11.3 Å². The molecular formula is C46H28N4S. The highest BCUT2D eigenvalue weighted by atomic mass is 32.1. The van der Waals surface area contributed by atoms with E-state index >= 15 is 0 Å². The summed E-state index contributed by atoms with van der Waals surface area (Å²) in [5, 5.41) is 4.65. The van der Waals surface area contributed by atoms with E-state index in [0.717, 1.165) is 60.1 Å². The second-order valence-electron chi connectivity index (χ2n) is 12.7. The fraction of sp³-hybridized carbons (Fsp3) is 0. The summed E-state index contributed by atoms with van der Waals surface area (Å²) < 4.78 is 2.26. The van der Waals surface area contributed by atoms with Gasteiger partial charge in [0, 0.05) is 37.7 Å². The molecule has 0 fully saturated rings. The SMILES string of the molecule is c1ccc(-c2nc(-c3ccc(-c4nc(-c5ccccc5)c5ccccc5n4)cc3)c3sc4cc(-c5ccc6ccccc6c5)ccc4c3n2)cc1. The molecule has 0 atom stereocenters. The molecule has 10 rings (SSSR count). The zero-order valence-electron chi connectivity index (χ0n) is 27.4. The minimum atomic E-state index is 0.694. The second kappa shape index (κ2) is 12.1. The predicted molar refractivity (Wildman–Crippen MR) is 213 cm³/mol. The summed E-state index contributed by atoms with van der Waals surface area (Å²) in [7, 11) is 0. The van der Waals surface area contributed by atoms with E-state index in [1.807, 2.05) is 48.5 Å². The molecule has 0 radical (unpaired) electrons. The maximum Gasteiger partial charge on any atom is 0.160 e. The van der Waals surface area contributed by atoms with Gasteiger partial charge in [0.15, 0.2) is 11.6 Å². The summed E-state index contributed by atoms with van der Waals surface area (Å²) >= 11 is 1.75. The number of nitrogens with zero attached hydrogens (tertiary/aromatic N) is 4. The Kier molecular flexibility index (Phi) is 6.96. The molecule has 3 heterocycles. The van der Waals surface area contributed by atoms with Crippen molar-refractivity contribution >= 4 is 53.3 Å². The van der Waals surface area contributed by atoms with Gasteiger partial charge in [-0.25, -0.2) is 19.9 Å². The third kappa shape index (κ3) is 5.23. The van der Waals surface area contributed by atoms with Crippen LogP contribution in [0.1, 0.15) is 0 Å². The highest BCUT2D eigenvalue weighted by Crippen LogP contribution is 2.41. The van der Waals surface area contributed by atoms with Crippen LogP contribution in [0, 0.1) is 0 Å². The van der Waals surface area contributed by atoms with Crippen LogP contribution in [-0.4, -0.2) is 19.9 Å². The van der Waals surface area contributed by atoms with Crippen molar-refractivity contribution in [2.45, 2.75) is 0 Å². The lowest BCUT2D eigenvalue weighted by molar-refractivity contribution is 1.22. The molecule has 0 aliphatic carbocycles. The highest BCUT2D eigenvalue weighted by molar-refractivity contribution is 7.26. The van der Waals surface area contributed by atoms with Gasteiger partial charge < -0.3 is 0 Å². The van der Waals surface area contributed by atoms with Gasteiger partial charge in [0.25, 0.3) is 0 Å². The van der Waals surface area contributed by atoms with E-state index in [1.165, 1.54) is 26.6 Å². The van der Waals surface area contributed by atoms with Crippen LogP contribution in [0.25, 0.3) is 98.4 Å². The quantitative estimate of drug-likeness (QED) is 0.183. The fourth-order valence-electron chi connectivity index (χ4n) is 6.90. The molecule has 0 aliphatic heterocycles. The van der Waals surface area contributed by atoms with Crippen molar-refractivity contribution in [1.29, 1.82) is 0 Å². The maximum atomic E-state index is 5.22. The number of fused-ring (bicyclic) bond motifs is 5. The van der Waals surface area contributed by atoms with Crippen molar-refractivity contribution < 1.29 is 0 Å². The lowest BCUT2D eigenvalue weighted by Gasteiger charge is -2.10. The number of para-hydroxylation sites is 1. The van der Waals surface area contributed by atoms with Crippen LogP contribution in [-0.2, 0) is 0 Å². The van der Waals surface area contributed by atoms with Crippen LogP contribution in [0.2, 0.25) is 0 Å².